The van der Waals surface area contributed by atoms with Crippen LogP contribution in [-0.2, 0) is 27.3 Å². The number of aromatic nitrogens is 1. The summed E-state index contributed by atoms with van der Waals surface area (Å²) in [5, 5.41) is 10.2. The highest BCUT2D eigenvalue weighted by atomic mass is 16.5. The minimum absolute atomic E-state index is 0.0131. The average molecular weight is 544 g/mol. The van der Waals surface area contributed by atoms with Gasteiger partial charge in [-0.25, -0.2) is 0 Å². The summed E-state index contributed by atoms with van der Waals surface area (Å²) in [6.07, 6.45) is 3.52. The quantitative estimate of drug-likeness (QED) is 0.192. The predicted octanol–water partition coefficient (Wildman–Crippen LogP) is 2.80. The molecule has 0 spiro atoms. The van der Waals surface area contributed by atoms with E-state index in [9.17, 15) is 19.2 Å². The number of carbonyl (C=O) groups excluding carboxylic acids is 3. The van der Waals surface area contributed by atoms with Crippen LogP contribution < -0.4 is 16.6 Å². The van der Waals surface area contributed by atoms with E-state index < -0.39 is 23.4 Å². The van der Waals surface area contributed by atoms with Crippen LogP contribution in [0.25, 0.3) is 0 Å². The van der Waals surface area contributed by atoms with Gasteiger partial charge in [-0.3, -0.25) is 24.6 Å². The van der Waals surface area contributed by atoms with Gasteiger partial charge in [0.2, 0.25) is 5.91 Å². The van der Waals surface area contributed by atoms with Crippen molar-refractivity contribution in [3.8, 4) is 0 Å². The minimum Gasteiger partial charge on any atom is -0.469 e. The monoisotopic (exact) mass is 543 g/mol. The fourth-order valence-corrected chi connectivity index (χ4v) is 5.00. The molecule has 208 valence electrons. The van der Waals surface area contributed by atoms with E-state index in [4.69, 9.17) is 15.9 Å². The number of ether oxygens (including phenoxy) is 1. The Labute approximate surface area is 232 Å². The summed E-state index contributed by atoms with van der Waals surface area (Å²) < 4.78 is 6.23. The molecule has 2 aromatic carbocycles. The fraction of sp³-hybridized carbons (Fsp3) is 0.300. The summed E-state index contributed by atoms with van der Waals surface area (Å²) >= 11 is 0. The zero-order chi connectivity index (χ0) is 28.6. The maximum atomic E-state index is 13.3. The lowest BCUT2D eigenvalue weighted by molar-refractivity contribution is -0.144. The van der Waals surface area contributed by atoms with Crippen LogP contribution in [0.15, 0.2) is 77.7 Å². The molecule has 1 saturated heterocycles. The van der Waals surface area contributed by atoms with E-state index in [-0.39, 0.29) is 36.3 Å². The van der Waals surface area contributed by atoms with Gasteiger partial charge in [0.15, 0.2) is 0 Å². The molecule has 1 aliphatic heterocycles. The first-order valence-corrected chi connectivity index (χ1v) is 13.1. The van der Waals surface area contributed by atoms with E-state index in [1.807, 2.05) is 30.3 Å². The molecule has 40 heavy (non-hydrogen) atoms. The van der Waals surface area contributed by atoms with Gasteiger partial charge in [-0.05, 0) is 61.2 Å². The Morgan fingerprint density at radius 2 is 1.77 bits per heavy atom. The Bertz CT molecular complexity index is 1430. The van der Waals surface area contributed by atoms with Crippen LogP contribution in [0.1, 0.15) is 40.7 Å². The number of amides is 2. The summed E-state index contributed by atoms with van der Waals surface area (Å²) in [5.41, 5.74) is 7.11. The molecule has 10 nitrogen and oxygen atoms in total. The average Bonchev–Trinajstić information content (AvgIpc) is 3.23. The SMILES string of the molecule is COC(=O)C[C@@H]1C[C@@H](Cn2cccc(C(=O)Nc3ccc(C(=N)N)cc3)c2=O)N(CCCc2ccccc2)C1=O. The number of nitrogen functional groups attached to an aromatic ring is 1. The Balaban J connectivity index is 1.49. The van der Waals surface area contributed by atoms with Gasteiger partial charge < -0.3 is 25.3 Å². The van der Waals surface area contributed by atoms with Crippen molar-refractivity contribution >= 4 is 29.3 Å². The zero-order valence-corrected chi connectivity index (χ0v) is 22.3. The van der Waals surface area contributed by atoms with E-state index in [0.29, 0.717) is 24.2 Å². The molecule has 4 N–H and O–H groups in total. The molecule has 0 unspecified atom stereocenters. The van der Waals surface area contributed by atoms with E-state index in [1.54, 1.807) is 41.4 Å². The second-order valence-electron chi connectivity index (χ2n) is 9.81. The second kappa shape index (κ2) is 12.9. The minimum atomic E-state index is -0.569. The number of rotatable bonds is 11. The van der Waals surface area contributed by atoms with Crippen LogP contribution in [-0.4, -0.2) is 52.8 Å². The van der Waals surface area contributed by atoms with Crippen molar-refractivity contribution < 1.29 is 19.1 Å². The number of aryl methyl sites for hydroxylation is 1. The Morgan fingerprint density at radius 3 is 2.45 bits per heavy atom. The van der Waals surface area contributed by atoms with E-state index >= 15 is 0 Å². The summed E-state index contributed by atoms with van der Waals surface area (Å²) in [6, 6.07) is 19.2. The number of hydrogen-bond donors (Lipinski definition) is 3. The first kappa shape index (κ1) is 28.3. The van der Waals surface area contributed by atoms with Gasteiger partial charge >= 0.3 is 5.97 Å². The first-order valence-electron chi connectivity index (χ1n) is 13.1. The maximum absolute atomic E-state index is 13.3. The normalized spacial score (nSPS) is 16.5. The van der Waals surface area contributed by atoms with Crippen molar-refractivity contribution in [2.75, 3.05) is 19.0 Å². The van der Waals surface area contributed by atoms with Crippen molar-refractivity contribution in [2.45, 2.75) is 38.3 Å². The van der Waals surface area contributed by atoms with Gasteiger partial charge in [-0.1, -0.05) is 30.3 Å². The zero-order valence-electron chi connectivity index (χ0n) is 22.3. The topological polar surface area (TPSA) is 148 Å². The van der Waals surface area contributed by atoms with Gasteiger partial charge in [0.1, 0.15) is 11.4 Å². The molecule has 1 fully saturated rings. The smallest absolute Gasteiger partial charge is 0.306 e. The molecule has 0 radical (unpaired) electrons. The molecule has 1 aliphatic rings. The number of esters is 1. The number of nitrogens with two attached hydrogens (primary N) is 1. The summed E-state index contributed by atoms with van der Waals surface area (Å²) in [6.45, 7) is 0.684. The van der Waals surface area contributed by atoms with E-state index in [1.165, 1.54) is 23.3 Å². The largest absolute Gasteiger partial charge is 0.469 e. The van der Waals surface area contributed by atoms with Crippen molar-refractivity contribution in [1.82, 2.24) is 9.47 Å². The third-order valence-corrected chi connectivity index (χ3v) is 7.10. The summed E-state index contributed by atoms with van der Waals surface area (Å²) in [4.78, 5) is 53.2. The molecule has 2 amide bonds. The molecule has 0 bridgehead atoms. The Morgan fingerprint density at radius 1 is 1.05 bits per heavy atom. The lowest BCUT2D eigenvalue weighted by atomic mass is 10.0. The van der Waals surface area contributed by atoms with Crippen LogP contribution in [0.2, 0.25) is 0 Å². The number of hydrogen-bond acceptors (Lipinski definition) is 6. The molecule has 4 rings (SSSR count). The van der Waals surface area contributed by atoms with Gasteiger partial charge in [-0.15, -0.1) is 0 Å². The number of nitrogens with zero attached hydrogens (tertiary/aromatic N) is 2. The number of amidine groups is 1. The van der Waals surface area contributed by atoms with Gasteiger partial charge in [0.05, 0.1) is 25.5 Å². The molecule has 0 aliphatic carbocycles. The second-order valence-corrected chi connectivity index (χ2v) is 9.81. The van der Waals surface area contributed by atoms with Crippen LogP contribution in [0.5, 0.6) is 0 Å². The Kier molecular flexibility index (Phi) is 9.11. The highest BCUT2D eigenvalue weighted by Crippen LogP contribution is 2.29. The first-order chi connectivity index (χ1) is 19.3. The van der Waals surface area contributed by atoms with E-state index in [2.05, 4.69) is 5.32 Å². The number of anilines is 1. The van der Waals surface area contributed by atoms with Gasteiger partial charge in [0.25, 0.3) is 11.5 Å². The molecular formula is C30H33N5O5. The van der Waals surface area contributed by atoms with Crippen LogP contribution in [0, 0.1) is 11.3 Å². The highest BCUT2D eigenvalue weighted by molar-refractivity contribution is 6.04. The van der Waals surface area contributed by atoms with Crippen molar-refractivity contribution in [1.29, 1.82) is 5.41 Å². The van der Waals surface area contributed by atoms with Gasteiger partial charge in [0, 0.05) is 30.5 Å². The number of carbonyl (C=O) groups is 3. The molecule has 1 aromatic heterocycles. The Hall–Kier alpha value is -4.73. The number of methoxy groups -OCH3 is 1. The van der Waals surface area contributed by atoms with Crippen molar-refractivity contribution in [2.24, 2.45) is 11.7 Å². The highest BCUT2D eigenvalue weighted by Gasteiger charge is 2.40. The van der Waals surface area contributed by atoms with Crippen molar-refractivity contribution in [3.05, 3.63) is 100.0 Å². The van der Waals surface area contributed by atoms with E-state index in [0.717, 1.165) is 12.8 Å². The van der Waals surface area contributed by atoms with Crippen LogP contribution in [0.4, 0.5) is 5.69 Å². The summed E-state index contributed by atoms with van der Waals surface area (Å²) in [7, 11) is 1.30. The van der Waals surface area contributed by atoms with Gasteiger partial charge in [-0.2, -0.15) is 0 Å². The summed E-state index contributed by atoms with van der Waals surface area (Å²) in [5.74, 6) is -1.75. The molecular weight excluding hydrogens is 510 g/mol. The number of likely N-dealkylation sites (tertiary alicyclic amines) is 1. The fourth-order valence-electron chi connectivity index (χ4n) is 5.00. The maximum Gasteiger partial charge on any atom is 0.306 e. The molecule has 3 aromatic rings. The van der Waals surface area contributed by atoms with Crippen molar-refractivity contribution in [3.63, 3.8) is 0 Å². The number of benzene rings is 2. The number of nitrogens with one attached hydrogen (secondary N) is 2. The molecule has 10 heteroatoms. The van der Waals surface area contributed by atoms with Crippen LogP contribution >= 0.6 is 0 Å². The molecule has 2 atom stereocenters. The standard InChI is InChI=1S/C30H33N5O5/c1-40-26(36)18-22-17-24(35(29(22)38)16-5-9-20-7-3-2-4-8-20)19-34-15-6-10-25(30(34)39)28(37)33-23-13-11-21(12-14-23)27(31)32/h2-4,6-8,10-15,22,24H,5,9,16-19H2,1H3,(H3,31,32)(H,33,37)/t22-,24-/m0/s1. The molecule has 2 heterocycles. The lowest BCUT2D eigenvalue weighted by Crippen LogP contribution is -2.40. The number of pyridine rings is 1. The molecule has 0 saturated carbocycles. The predicted molar refractivity (Wildman–Crippen MR) is 151 cm³/mol. The third kappa shape index (κ3) is 6.82. The van der Waals surface area contributed by atoms with Crippen LogP contribution in [0.3, 0.4) is 0 Å². The lowest BCUT2D eigenvalue weighted by Gasteiger charge is -2.25. The third-order valence-electron chi connectivity index (χ3n) is 7.10.